The molecule has 0 bridgehead atoms. The first-order valence-corrected chi connectivity index (χ1v) is 6.61. The third-order valence-corrected chi connectivity index (χ3v) is 2.34. The summed E-state index contributed by atoms with van der Waals surface area (Å²) in [6.07, 6.45) is 0. The maximum Gasteiger partial charge on any atom is 0.302 e. The summed E-state index contributed by atoms with van der Waals surface area (Å²) in [6.45, 7) is 5.46. The summed E-state index contributed by atoms with van der Waals surface area (Å²) in [4.78, 5) is 20.1. The fourth-order valence-electron chi connectivity index (χ4n) is 1.16. The molecule has 128 valence electrons. The highest BCUT2D eigenvalue weighted by molar-refractivity contribution is 5.65. The highest BCUT2D eigenvalue weighted by Gasteiger charge is 2.08. The minimum atomic E-state index is -0.503. The molecular formula is C10H22N6O6. The third kappa shape index (κ3) is 8.60. The van der Waals surface area contributed by atoms with Crippen LogP contribution in [0.3, 0.4) is 0 Å². The molecule has 0 saturated heterocycles. The fraction of sp³-hybridized carbons (Fsp3) is 0.900. The van der Waals surface area contributed by atoms with Crippen molar-refractivity contribution in [3.8, 4) is 0 Å². The minimum absolute atomic E-state index is 0.0426. The van der Waals surface area contributed by atoms with Crippen LogP contribution in [0, 0.1) is 10.4 Å². The van der Waals surface area contributed by atoms with Crippen molar-refractivity contribution >= 4 is 5.97 Å². The first-order chi connectivity index (χ1) is 10.4. The molecule has 0 radical (unpaired) electrons. The lowest BCUT2D eigenvalue weighted by Crippen LogP contribution is -2.30. The molecular weight excluding hydrogens is 300 g/mol. The van der Waals surface area contributed by atoms with Crippen molar-refractivity contribution in [2.45, 2.75) is 20.8 Å². The Hall–Kier alpha value is -2.53. The van der Waals surface area contributed by atoms with Crippen LogP contribution in [0.2, 0.25) is 0 Å². The van der Waals surface area contributed by atoms with E-state index in [1.807, 2.05) is 0 Å². The number of rotatable bonds is 11. The molecule has 0 aliphatic carbocycles. The van der Waals surface area contributed by atoms with Crippen LogP contribution in [-0.4, -0.2) is 66.0 Å². The molecule has 0 aliphatic rings. The zero-order valence-corrected chi connectivity index (χ0v) is 13.2. The fourth-order valence-corrected chi connectivity index (χ4v) is 1.16. The van der Waals surface area contributed by atoms with E-state index in [2.05, 4.69) is 25.0 Å². The Morgan fingerprint density at radius 1 is 1.14 bits per heavy atom. The van der Waals surface area contributed by atoms with Crippen LogP contribution in [0.5, 0.6) is 0 Å². The maximum absolute atomic E-state index is 11.4. The molecule has 0 rings (SSSR count). The van der Waals surface area contributed by atoms with Crippen molar-refractivity contribution in [1.82, 2.24) is 10.0 Å². The van der Waals surface area contributed by atoms with Crippen LogP contribution in [0.4, 0.5) is 0 Å². The largest absolute Gasteiger partial charge is 0.569 e. The van der Waals surface area contributed by atoms with Gasteiger partial charge in [-0.25, -0.2) is 0 Å². The zero-order valence-electron chi connectivity index (χ0n) is 13.2. The van der Waals surface area contributed by atoms with Crippen molar-refractivity contribution in [1.29, 1.82) is 0 Å². The number of hydrogen-bond donors (Lipinski definition) is 0. The molecule has 0 fully saturated rings. The number of carbonyl (C=O) groups excluding carboxylic acids is 1. The molecule has 0 spiro atoms. The molecule has 0 saturated carbocycles. The molecule has 0 atom stereocenters. The van der Waals surface area contributed by atoms with Crippen LogP contribution in [0.15, 0.2) is 10.6 Å². The van der Waals surface area contributed by atoms with E-state index in [9.17, 15) is 15.2 Å². The van der Waals surface area contributed by atoms with Gasteiger partial charge in [0.05, 0.1) is 30.1 Å². The van der Waals surface area contributed by atoms with Crippen LogP contribution in [0.25, 0.3) is 0 Å². The molecule has 12 nitrogen and oxygen atoms in total. The van der Waals surface area contributed by atoms with Gasteiger partial charge in [-0.2, -0.15) is 0 Å². The summed E-state index contributed by atoms with van der Waals surface area (Å²) < 4.78 is 4.66. The lowest BCUT2D eigenvalue weighted by atomic mass is 10.6. The molecule has 0 aromatic rings. The summed E-state index contributed by atoms with van der Waals surface area (Å²) in [5.74, 6) is -0.440. The van der Waals surface area contributed by atoms with Crippen molar-refractivity contribution in [3.05, 3.63) is 10.4 Å². The van der Waals surface area contributed by atoms with E-state index in [-0.39, 0.29) is 23.1 Å². The van der Waals surface area contributed by atoms with Crippen LogP contribution in [-0.2, 0) is 19.2 Å². The van der Waals surface area contributed by atoms with E-state index >= 15 is 0 Å². The second kappa shape index (κ2) is 11.2. The number of hydrogen-bond acceptors (Lipinski definition) is 8. The Morgan fingerprint density at radius 2 is 1.68 bits per heavy atom. The number of hydrazine groups is 2. The molecule has 0 amide bonds. The molecule has 22 heavy (non-hydrogen) atoms. The zero-order chi connectivity index (χ0) is 17.0. The average Bonchev–Trinajstić information content (AvgIpc) is 2.47. The smallest absolute Gasteiger partial charge is 0.302 e. The van der Waals surface area contributed by atoms with Crippen molar-refractivity contribution in [3.63, 3.8) is 0 Å². The summed E-state index contributed by atoms with van der Waals surface area (Å²) in [5.41, 5.74) is 0. The number of esters is 1. The van der Waals surface area contributed by atoms with Gasteiger partial charge >= 0.3 is 5.97 Å². The number of nitrogens with zero attached hydrogens (tertiary/aromatic N) is 6. The highest BCUT2D eigenvalue weighted by atomic mass is 16.8. The Labute approximate surface area is 128 Å². The van der Waals surface area contributed by atoms with E-state index in [1.165, 1.54) is 19.0 Å². The Balaban J connectivity index is 4.00. The second-order valence-corrected chi connectivity index (χ2v) is 3.91. The summed E-state index contributed by atoms with van der Waals surface area (Å²) in [7, 11) is 1.42. The second-order valence-electron chi connectivity index (χ2n) is 3.91. The summed E-state index contributed by atoms with van der Waals surface area (Å²) in [6, 6.07) is 0. The minimum Gasteiger partial charge on any atom is -0.569 e. The van der Waals surface area contributed by atoms with Gasteiger partial charge in [-0.3, -0.25) is 14.5 Å². The molecule has 0 N–H and O–H groups in total. The number of carbonyl (C=O) groups is 1. The van der Waals surface area contributed by atoms with Gasteiger partial charge < -0.3 is 15.2 Å². The summed E-state index contributed by atoms with van der Waals surface area (Å²) in [5, 5.41) is 31.5. The Bertz CT molecular complexity index is 386. The number of likely N-dealkylation sites (N-methyl/N-ethyl adjacent to an activating group) is 1. The number of ether oxygens (including phenoxy) is 1. The van der Waals surface area contributed by atoms with E-state index in [1.54, 1.807) is 13.8 Å². The lowest BCUT2D eigenvalue weighted by molar-refractivity contribution is -0.716. The first-order valence-electron chi connectivity index (χ1n) is 6.61. The van der Waals surface area contributed by atoms with Crippen molar-refractivity contribution in [2.24, 2.45) is 10.6 Å². The Morgan fingerprint density at radius 3 is 2.18 bits per heavy atom. The van der Waals surface area contributed by atoms with Gasteiger partial charge in [0, 0.05) is 6.92 Å². The van der Waals surface area contributed by atoms with E-state index < -0.39 is 12.8 Å². The molecule has 0 heterocycles. The lowest BCUT2D eigenvalue weighted by Gasteiger charge is -2.13. The van der Waals surface area contributed by atoms with Gasteiger partial charge in [0.1, 0.15) is 13.2 Å². The van der Waals surface area contributed by atoms with Crippen LogP contribution < -0.4 is 0 Å². The molecule has 0 aromatic heterocycles. The topological polar surface area (TPSA) is 128 Å². The van der Waals surface area contributed by atoms with Crippen molar-refractivity contribution < 1.29 is 29.1 Å². The predicted octanol–water partition coefficient (Wildman–Crippen LogP) is 0.399. The van der Waals surface area contributed by atoms with E-state index in [0.29, 0.717) is 13.1 Å². The normalized spacial score (nSPS) is 11.8. The van der Waals surface area contributed by atoms with E-state index in [4.69, 9.17) is 0 Å². The molecule has 0 aromatic carbocycles. The average molecular weight is 322 g/mol. The summed E-state index contributed by atoms with van der Waals surface area (Å²) >= 11 is 0. The van der Waals surface area contributed by atoms with Gasteiger partial charge in [0.15, 0.2) is 0 Å². The quantitative estimate of drug-likeness (QED) is 0.133. The highest BCUT2D eigenvalue weighted by Crippen LogP contribution is 1.92. The Kier molecular flexibility index (Phi) is 9.88. The molecule has 12 heteroatoms. The van der Waals surface area contributed by atoms with Crippen LogP contribution >= 0.6 is 0 Å². The SMILES string of the molecule is CCN(CC)[N+]([O-])=NOCON=[N+]([O-])N(C)CCOC(C)=O. The van der Waals surface area contributed by atoms with Crippen LogP contribution in [0.1, 0.15) is 20.8 Å². The van der Waals surface area contributed by atoms with Gasteiger partial charge in [-0.05, 0) is 13.8 Å². The van der Waals surface area contributed by atoms with E-state index in [0.717, 1.165) is 5.01 Å². The maximum atomic E-state index is 11.4. The first kappa shape index (κ1) is 19.5. The standard InChI is InChI=1S/C10H22N6O6/c1-5-14(6-2)16(19)12-22-9-21-11-15(18)13(4)7-8-20-10(3)17/h5-9H2,1-4H3. The monoisotopic (exact) mass is 322 g/mol. The third-order valence-electron chi connectivity index (χ3n) is 2.34. The van der Waals surface area contributed by atoms with Crippen molar-refractivity contribution in [2.75, 3.05) is 40.1 Å². The molecule has 0 aliphatic heterocycles. The van der Waals surface area contributed by atoms with Gasteiger partial charge in [0.2, 0.25) is 10.6 Å². The van der Waals surface area contributed by atoms with Gasteiger partial charge in [-0.1, -0.05) is 0 Å². The molecule has 0 unspecified atom stereocenters. The van der Waals surface area contributed by atoms with Gasteiger partial charge in [0.25, 0.3) is 6.79 Å². The predicted molar refractivity (Wildman–Crippen MR) is 71.3 cm³/mol. The van der Waals surface area contributed by atoms with Gasteiger partial charge in [-0.15, -0.1) is 10.0 Å².